The third kappa shape index (κ3) is 4.32. The normalized spacial score (nSPS) is 19.5. The van der Waals surface area contributed by atoms with Crippen molar-refractivity contribution in [3.05, 3.63) is 53.6 Å². The maximum absolute atomic E-state index is 13.0. The van der Waals surface area contributed by atoms with Crippen molar-refractivity contribution in [1.82, 2.24) is 15.5 Å². The highest BCUT2D eigenvalue weighted by Crippen LogP contribution is 2.37. The molecular weight excluding hydrogens is 418 g/mol. The maximum Gasteiger partial charge on any atom is 0.325 e. The molecule has 0 aliphatic carbocycles. The molecule has 0 aromatic heterocycles. The minimum absolute atomic E-state index is 0.115. The average molecular weight is 442 g/mol. The zero-order chi connectivity index (χ0) is 22.0. The molecule has 2 heterocycles. The van der Waals surface area contributed by atoms with E-state index < -0.39 is 17.5 Å². The van der Waals surface area contributed by atoms with E-state index >= 15 is 0 Å². The Bertz CT molecular complexity index is 1030. The van der Waals surface area contributed by atoms with Crippen molar-refractivity contribution in [1.29, 1.82) is 0 Å². The number of nitrogens with zero attached hydrogens (tertiary/aromatic N) is 1. The molecule has 4 rings (SSSR count). The fourth-order valence-corrected chi connectivity index (χ4v) is 4.21. The van der Waals surface area contributed by atoms with Gasteiger partial charge in [0.1, 0.15) is 12.1 Å². The number of carbonyl (C=O) groups is 3. The molecule has 9 heteroatoms. The molecule has 0 bridgehead atoms. The molecule has 4 amide bonds. The predicted octanol–water partition coefficient (Wildman–Crippen LogP) is 2.40. The number of aryl methyl sites for hydroxylation is 1. The van der Waals surface area contributed by atoms with Gasteiger partial charge in [0.25, 0.3) is 5.91 Å². The van der Waals surface area contributed by atoms with Crippen LogP contribution in [0.25, 0.3) is 0 Å². The van der Waals surface area contributed by atoms with Crippen LogP contribution >= 0.6 is 11.8 Å². The first-order chi connectivity index (χ1) is 14.9. The van der Waals surface area contributed by atoms with Gasteiger partial charge in [0, 0.05) is 17.2 Å². The zero-order valence-electron chi connectivity index (χ0n) is 17.3. The van der Waals surface area contributed by atoms with E-state index in [4.69, 9.17) is 9.47 Å². The molecule has 1 atom stereocenters. The van der Waals surface area contributed by atoms with Crippen LogP contribution in [-0.2, 0) is 15.1 Å². The van der Waals surface area contributed by atoms with Gasteiger partial charge in [-0.25, -0.2) is 4.79 Å². The number of hydrogen-bond acceptors (Lipinski definition) is 6. The van der Waals surface area contributed by atoms with Gasteiger partial charge in [0.15, 0.2) is 11.5 Å². The summed E-state index contributed by atoms with van der Waals surface area (Å²) < 4.78 is 10.7. The molecular formula is C22H23N3O5S. The first-order valence-corrected chi connectivity index (χ1v) is 10.9. The number of fused-ring (bicyclic) bond motifs is 1. The Morgan fingerprint density at radius 1 is 1.16 bits per heavy atom. The molecule has 2 N–H and O–H groups in total. The number of ether oxygens (including phenoxy) is 2. The molecule has 1 unspecified atom stereocenters. The lowest BCUT2D eigenvalue weighted by molar-refractivity contribution is -0.134. The first kappa shape index (κ1) is 21.0. The fraction of sp³-hybridized carbons (Fsp3) is 0.318. The summed E-state index contributed by atoms with van der Waals surface area (Å²) in [4.78, 5) is 39.8. The summed E-state index contributed by atoms with van der Waals surface area (Å²) in [6.07, 6.45) is 0. The van der Waals surface area contributed by atoms with Crippen LogP contribution in [0.15, 0.2) is 47.4 Å². The maximum atomic E-state index is 13.0. The monoisotopic (exact) mass is 441 g/mol. The van der Waals surface area contributed by atoms with Crippen LogP contribution in [0, 0.1) is 6.92 Å². The molecule has 162 valence electrons. The minimum Gasteiger partial charge on any atom is -0.454 e. The first-order valence-electron chi connectivity index (χ1n) is 9.87. The van der Waals surface area contributed by atoms with Gasteiger partial charge in [-0.1, -0.05) is 23.8 Å². The topological polar surface area (TPSA) is 97.0 Å². The Labute approximate surface area is 184 Å². The van der Waals surface area contributed by atoms with Crippen molar-refractivity contribution < 1.29 is 23.9 Å². The summed E-state index contributed by atoms with van der Waals surface area (Å²) in [5.41, 5.74) is 0.478. The summed E-state index contributed by atoms with van der Waals surface area (Å²) in [7, 11) is 0. The Morgan fingerprint density at radius 3 is 2.68 bits per heavy atom. The van der Waals surface area contributed by atoms with Crippen molar-refractivity contribution in [3.63, 3.8) is 0 Å². The number of hydrogen-bond donors (Lipinski definition) is 2. The van der Waals surface area contributed by atoms with Crippen LogP contribution in [-0.4, -0.2) is 48.4 Å². The largest absolute Gasteiger partial charge is 0.454 e. The van der Waals surface area contributed by atoms with Crippen molar-refractivity contribution in [3.8, 4) is 11.5 Å². The van der Waals surface area contributed by atoms with Crippen LogP contribution < -0.4 is 20.1 Å². The highest BCUT2D eigenvalue weighted by Gasteiger charge is 2.49. The number of rotatable bonds is 7. The summed E-state index contributed by atoms with van der Waals surface area (Å²) in [5.74, 6) is 0.916. The molecule has 1 fully saturated rings. The minimum atomic E-state index is -1.28. The van der Waals surface area contributed by atoms with E-state index in [1.807, 2.05) is 31.2 Å². The van der Waals surface area contributed by atoms with E-state index in [9.17, 15) is 14.4 Å². The Morgan fingerprint density at radius 2 is 1.90 bits per heavy atom. The van der Waals surface area contributed by atoms with Gasteiger partial charge < -0.3 is 20.1 Å². The summed E-state index contributed by atoms with van der Waals surface area (Å²) >= 11 is 1.63. The van der Waals surface area contributed by atoms with E-state index in [2.05, 4.69) is 10.6 Å². The van der Waals surface area contributed by atoms with Gasteiger partial charge in [-0.2, -0.15) is 0 Å². The van der Waals surface area contributed by atoms with Crippen molar-refractivity contribution in [2.45, 2.75) is 24.3 Å². The standard InChI is InChI=1S/C22H23N3O5S/c1-14-3-6-16(7-4-14)31-10-9-23-19(26)12-25-20(27)22(2,24-21(25)28)15-5-8-17-18(11-15)30-13-29-17/h3-8,11H,9-10,12-13H2,1-2H3,(H,23,26)(H,24,28). The van der Waals surface area contributed by atoms with Gasteiger partial charge in [-0.05, 0) is 43.7 Å². The number of thioether (sulfide) groups is 1. The van der Waals surface area contributed by atoms with Gasteiger partial charge in [0.2, 0.25) is 12.7 Å². The smallest absolute Gasteiger partial charge is 0.325 e. The van der Waals surface area contributed by atoms with Crippen LogP contribution in [0.4, 0.5) is 4.79 Å². The van der Waals surface area contributed by atoms with Gasteiger partial charge in [0.05, 0.1) is 0 Å². The van der Waals surface area contributed by atoms with Crippen LogP contribution in [0.2, 0.25) is 0 Å². The number of imide groups is 1. The second kappa shape index (κ2) is 8.50. The average Bonchev–Trinajstić information content (AvgIpc) is 3.31. The third-order valence-electron chi connectivity index (χ3n) is 5.24. The number of nitrogens with one attached hydrogen (secondary N) is 2. The molecule has 2 aromatic carbocycles. The van der Waals surface area contributed by atoms with Gasteiger partial charge >= 0.3 is 6.03 Å². The quantitative estimate of drug-likeness (QED) is 0.389. The second-order valence-electron chi connectivity index (χ2n) is 7.53. The fourth-order valence-electron chi connectivity index (χ4n) is 3.44. The molecule has 0 radical (unpaired) electrons. The van der Waals surface area contributed by atoms with Gasteiger partial charge in [-0.15, -0.1) is 11.8 Å². The van der Waals surface area contributed by atoms with Crippen molar-refractivity contribution >= 4 is 29.6 Å². The van der Waals surface area contributed by atoms with Crippen molar-refractivity contribution in [2.24, 2.45) is 0 Å². The molecule has 0 saturated carbocycles. The van der Waals surface area contributed by atoms with Crippen LogP contribution in [0.3, 0.4) is 0 Å². The highest BCUT2D eigenvalue weighted by molar-refractivity contribution is 7.99. The molecule has 31 heavy (non-hydrogen) atoms. The summed E-state index contributed by atoms with van der Waals surface area (Å²) in [5, 5.41) is 5.46. The molecule has 0 spiro atoms. The molecule has 1 saturated heterocycles. The number of benzene rings is 2. The van der Waals surface area contributed by atoms with E-state index in [0.29, 0.717) is 29.4 Å². The van der Waals surface area contributed by atoms with Crippen LogP contribution in [0.5, 0.6) is 11.5 Å². The number of carbonyl (C=O) groups excluding carboxylic acids is 3. The van der Waals surface area contributed by atoms with E-state index in [1.54, 1.807) is 36.9 Å². The lowest BCUT2D eigenvalue weighted by Gasteiger charge is -2.22. The Kier molecular flexibility index (Phi) is 5.77. The molecule has 2 aliphatic heterocycles. The van der Waals surface area contributed by atoms with E-state index in [0.717, 1.165) is 9.80 Å². The van der Waals surface area contributed by atoms with Gasteiger partial charge in [-0.3, -0.25) is 14.5 Å². The zero-order valence-corrected chi connectivity index (χ0v) is 18.1. The van der Waals surface area contributed by atoms with Crippen LogP contribution in [0.1, 0.15) is 18.1 Å². The molecule has 2 aliphatic rings. The molecule has 8 nitrogen and oxygen atoms in total. The predicted molar refractivity (Wildman–Crippen MR) is 115 cm³/mol. The summed E-state index contributed by atoms with van der Waals surface area (Å²) in [6, 6.07) is 12.6. The van der Waals surface area contributed by atoms with E-state index in [1.165, 1.54) is 5.56 Å². The third-order valence-corrected chi connectivity index (χ3v) is 6.25. The second-order valence-corrected chi connectivity index (χ2v) is 8.69. The SMILES string of the molecule is Cc1ccc(SCCNC(=O)CN2C(=O)NC(C)(c3ccc4c(c3)OCO4)C2=O)cc1. The Balaban J connectivity index is 1.32. The number of urea groups is 1. The Hall–Kier alpha value is -3.20. The van der Waals surface area contributed by atoms with E-state index in [-0.39, 0.29) is 19.2 Å². The summed E-state index contributed by atoms with van der Waals surface area (Å²) in [6.45, 7) is 3.85. The van der Waals surface area contributed by atoms with Crippen molar-refractivity contribution in [2.75, 3.05) is 25.6 Å². The molecule has 2 aromatic rings. The lowest BCUT2D eigenvalue weighted by Crippen LogP contribution is -2.43. The lowest BCUT2D eigenvalue weighted by atomic mass is 9.91. The highest BCUT2D eigenvalue weighted by atomic mass is 32.2. The number of amides is 4.